The number of anilines is 1. The van der Waals surface area contributed by atoms with Gasteiger partial charge in [0.2, 0.25) is 5.90 Å². The Kier molecular flexibility index (Phi) is 6.89. The summed E-state index contributed by atoms with van der Waals surface area (Å²) in [6.07, 6.45) is 4.87. The smallest absolute Gasteiger partial charge is 0.253 e. The third-order valence-electron chi connectivity index (χ3n) is 5.60. The summed E-state index contributed by atoms with van der Waals surface area (Å²) in [7, 11) is 0. The Morgan fingerprint density at radius 3 is 2.53 bits per heavy atom. The van der Waals surface area contributed by atoms with Gasteiger partial charge in [0, 0.05) is 42.2 Å². The number of nitrogens with zero attached hydrogens (tertiary/aromatic N) is 3. The summed E-state index contributed by atoms with van der Waals surface area (Å²) in [6, 6.07) is 10.9. The van der Waals surface area contributed by atoms with Crippen molar-refractivity contribution in [1.82, 2.24) is 4.90 Å². The summed E-state index contributed by atoms with van der Waals surface area (Å²) >= 11 is 3.46. The van der Waals surface area contributed by atoms with Crippen molar-refractivity contribution >= 4 is 33.4 Å². The fourth-order valence-electron chi connectivity index (χ4n) is 3.82. The van der Waals surface area contributed by atoms with Crippen molar-refractivity contribution < 1.29 is 18.3 Å². The molecule has 2 aromatic rings. The number of carbonyl (C=O) groups excluding carboxylic acids is 1. The predicted molar refractivity (Wildman–Crippen MR) is 124 cm³/mol. The molecule has 1 amide bonds. The maximum absolute atomic E-state index is 13.8. The number of ether oxygens (including phenoxy) is 1. The van der Waals surface area contributed by atoms with E-state index < -0.39 is 11.6 Å². The van der Waals surface area contributed by atoms with Crippen molar-refractivity contribution in [2.45, 2.75) is 39.0 Å². The summed E-state index contributed by atoms with van der Waals surface area (Å²) in [6.45, 7) is 3.48. The Labute approximate surface area is 194 Å². The van der Waals surface area contributed by atoms with Crippen LogP contribution >= 0.6 is 15.9 Å². The van der Waals surface area contributed by atoms with Gasteiger partial charge in [0.25, 0.3) is 5.91 Å². The van der Waals surface area contributed by atoms with Crippen LogP contribution in [-0.2, 0) is 11.3 Å². The second-order valence-corrected chi connectivity index (χ2v) is 8.73. The number of hydrogen-bond donors (Lipinski definition) is 0. The fourth-order valence-corrected chi connectivity index (χ4v) is 4.25. The average molecular weight is 504 g/mol. The second-order valence-electron chi connectivity index (χ2n) is 7.87. The van der Waals surface area contributed by atoms with Crippen molar-refractivity contribution in [2.75, 3.05) is 18.0 Å². The molecule has 5 nitrogen and oxygen atoms in total. The van der Waals surface area contributed by atoms with Crippen LogP contribution in [0.15, 0.2) is 58.1 Å². The Morgan fingerprint density at radius 2 is 1.84 bits per heavy atom. The van der Waals surface area contributed by atoms with Crippen molar-refractivity contribution in [3.05, 3.63) is 75.9 Å². The van der Waals surface area contributed by atoms with E-state index in [-0.39, 0.29) is 24.2 Å². The number of halogens is 3. The number of piperidine rings is 1. The molecule has 2 aromatic carbocycles. The molecule has 1 saturated heterocycles. The van der Waals surface area contributed by atoms with E-state index in [1.165, 1.54) is 18.6 Å². The van der Waals surface area contributed by atoms with Gasteiger partial charge in [-0.05, 0) is 78.5 Å². The number of amides is 1. The van der Waals surface area contributed by atoms with Crippen molar-refractivity contribution in [3.8, 4) is 0 Å². The van der Waals surface area contributed by atoms with E-state index in [0.717, 1.165) is 37.7 Å². The van der Waals surface area contributed by atoms with Crippen LogP contribution in [0, 0.1) is 11.6 Å². The third kappa shape index (κ3) is 5.01. The van der Waals surface area contributed by atoms with Gasteiger partial charge >= 0.3 is 0 Å². The molecule has 4 rings (SSSR count). The molecule has 0 aliphatic carbocycles. The molecule has 0 radical (unpaired) electrons. The lowest BCUT2D eigenvalue weighted by molar-refractivity contribution is 0.0724. The first-order chi connectivity index (χ1) is 15.4. The lowest BCUT2D eigenvalue weighted by Crippen LogP contribution is -2.35. The summed E-state index contributed by atoms with van der Waals surface area (Å²) in [5.41, 5.74) is 1.81. The quantitative estimate of drug-likeness (QED) is 0.544. The highest BCUT2D eigenvalue weighted by Gasteiger charge is 2.23. The zero-order chi connectivity index (χ0) is 22.7. The molecule has 1 atom stereocenters. The molecule has 1 fully saturated rings. The molecule has 2 aliphatic heterocycles. The molecule has 2 heterocycles. The normalized spacial score (nSPS) is 18.8. The molecule has 0 saturated carbocycles. The minimum absolute atomic E-state index is 0.0616. The van der Waals surface area contributed by atoms with Gasteiger partial charge in [-0.25, -0.2) is 13.8 Å². The number of likely N-dealkylation sites (tertiary alicyclic amines) is 1. The summed E-state index contributed by atoms with van der Waals surface area (Å²) < 4.78 is 33.2. The van der Waals surface area contributed by atoms with Crippen LogP contribution in [0.2, 0.25) is 0 Å². The first-order valence-corrected chi connectivity index (χ1v) is 11.4. The highest BCUT2D eigenvalue weighted by atomic mass is 79.9. The Balaban J connectivity index is 1.42. The molecule has 0 bridgehead atoms. The Hall–Kier alpha value is -2.74. The van der Waals surface area contributed by atoms with Crippen LogP contribution in [-0.4, -0.2) is 36.0 Å². The van der Waals surface area contributed by atoms with Crippen molar-refractivity contribution in [3.63, 3.8) is 0 Å². The number of aliphatic imine (C=N–C) groups is 1. The number of benzene rings is 2. The Morgan fingerprint density at radius 1 is 1.12 bits per heavy atom. The van der Waals surface area contributed by atoms with Crippen LogP contribution in [0.5, 0.6) is 0 Å². The molecule has 2 aliphatic rings. The standard InChI is InChI=1S/C24H24BrF2N3O2/c1-16-28-23(32-15-18-5-8-19(26)13-22(18)27)21(25)14-30(16)20-9-6-17(7-10-20)24(31)29-11-3-2-4-12-29/h5-10,13-14,16H,2-4,11-12,15H2,1H3. The van der Waals surface area contributed by atoms with Crippen LogP contribution < -0.4 is 4.90 Å². The molecule has 0 spiro atoms. The molecule has 0 aromatic heterocycles. The zero-order valence-corrected chi connectivity index (χ0v) is 19.3. The van der Waals surface area contributed by atoms with Crippen molar-refractivity contribution in [1.29, 1.82) is 0 Å². The molecule has 0 N–H and O–H groups in total. The summed E-state index contributed by atoms with van der Waals surface area (Å²) in [4.78, 5) is 21.1. The molecule has 168 valence electrons. The maximum Gasteiger partial charge on any atom is 0.253 e. The number of carbonyl (C=O) groups is 1. The molecule has 1 unspecified atom stereocenters. The largest absolute Gasteiger partial charge is 0.472 e. The average Bonchev–Trinajstić information content (AvgIpc) is 2.80. The number of hydrogen-bond acceptors (Lipinski definition) is 4. The van der Waals surface area contributed by atoms with E-state index in [1.54, 1.807) is 0 Å². The van der Waals surface area contributed by atoms with E-state index >= 15 is 0 Å². The number of rotatable bonds is 4. The first kappa shape index (κ1) is 22.5. The monoisotopic (exact) mass is 503 g/mol. The van der Waals surface area contributed by atoms with E-state index in [4.69, 9.17) is 4.74 Å². The van der Waals surface area contributed by atoms with E-state index in [9.17, 15) is 13.6 Å². The summed E-state index contributed by atoms with van der Waals surface area (Å²) in [5, 5.41) is 0. The fraction of sp³-hybridized carbons (Fsp3) is 0.333. The van der Waals surface area contributed by atoms with Gasteiger partial charge in [-0.1, -0.05) is 0 Å². The minimum atomic E-state index is -0.657. The van der Waals surface area contributed by atoms with Gasteiger partial charge < -0.3 is 14.5 Å². The topological polar surface area (TPSA) is 45.1 Å². The van der Waals surface area contributed by atoms with Gasteiger partial charge in [-0.2, -0.15) is 0 Å². The molecule has 32 heavy (non-hydrogen) atoms. The summed E-state index contributed by atoms with van der Waals surface area (Å²) in [5.74, 6) is -0.874. The predicted octanol–water partition coefficient (Wildman–Crippen LogP) is 5.61. The highest BCUT2D eigenvalue weighted by molar-refractivity contribution is 9.12. The minimum Gasteiger partial charge on any atom is -0.472 e. The van der Waals surface area contributed by atoms with Crippen LogP contribution in [0.4, 0.5) is 14.5 Å². The second kappa shape index (κ2) is 9.81. The van der Waals surface area contributed by atoms with Crippen LogP contribution in [0.25, 0.3) is 0 Å². The lowest BCUT2D eigenvalue weighted by atomic mass is 10.1. The Bertz CT molecular complexity index is 1050. The zero-order valence-electron chi connectivity index (χ0n) is 17.7. The van der Waals surface area contributed by atoms with E-state index in [0.29, 0.717) is 15.9 Å². The molecule has 8 heteroatoms. The lowest BCUT2D eigenvalue weighted by Gasteiger charge is -2.30. The van der Waals surface area contributed by atoms with E-state index in [2.05, 4.69) is 20.9 Å². The van der Waals surface area contributed by atoms with Gasteiger partial charge in [0.15, 0.2) is 0 Å². The van der Waals surface area contributed by atoms with E-state index in [1.807, 2.05) is 47.2 Å². The molecular weight excluding hydrogens is 480 g/mol. The first-order valence-electron chi connectivity index (χ1n) is 10.6. The van der Waals surface area contributed by atoms with Gasteiger partial charge in [0.05, 0.1) is 4.48 Å². The SMILES string of the molecule is CC1N=C(OCc2ccc(F)cc2F)C(Br)=CN1c1ccc(C(=O)N2CCCCC2)cc1. The maximum atomic E-state index is 13.8. The van der Waals surface area contributed by atoms with Crippen molar-refractivity contribution in [2.24, 2.45) is 4.99 Å². The van der Waals surface area contributed by atoms with Gasteiger partial charge in [0.1, 0.15) is 24.4 Å². The van der Waals surface area contributed by atoms with Crippen LogP contribution in [0.1, 0.15) is 42.1 Å². The molecular formula is C24H24BrF2N3O2. The van der Waals surface area contributed by atoms with Gasteiger partial charge in [-0.3, -0.25) is 4.79 Å². The van der Waals surface area contributed by atoms with Gasteiger partial charge in [-0.15, -0.1) is 0 Å². The van der Waals surface area contributed by atoms with Crippen LogP contribution in [0.3, 0.4) is 0 Å². The third-order valence-corrected chi connectivity index (χ3v) is 6.14. The highest BCUT2D eigenvalue weighted by Crippen LogP contribution is 2.27.